The molecular weight excluding hydrogens is 394 g/mol. The first-order chi connectivity index (χ1) is 14.5. The van der Waals surface area contributed by atoms with Crippen LogP contribution >= 0.6 is 11.3 Å². The Kier molecular flexibility index (Phi) is 4.51. The molecule has 1 aliphatic rings. The summed E-state index contributed by atoms with van der Waals surface area (Å²) in [7, 11) is 0. The van der Waals surface area contributed by atoms with Gasteiger partial charge in [0.25, 0.3) is 5.56 Å². The third-order valence-corrected chi connectivity index (χ3v) is 6.71. The predicted octanol–water partition coefficient (Wildman–Crippen LogP) is 4.41. The van der Waals surface area contributed by atoms with E-state index in [4.69, 9.17) is 0 Å². The zero-order valence-corrected chi connectivity index (χ0v) is 17.6. The van der Waals surface area contributed by atoms with E-state index in [2.05, 4.69) is 11.1 Å². The van der Waals surface area contributed by atoms with Crippen molar-refractivity contribution in [2.75, 3.05) is 4.90 Å². The molecule has 6 heteroatoms. The Morgan fingerprint density at radius 1 is 1.13 bits per heavy atom. The number of hydrogen-bond donors (Lipinski definition) is 0. The number of aromatic nitrogens is 2. The standard InChI is InChI=1S/C24H21N3O2S/c1-15-12-18-10-6-7-11-19(18)27(15)20(28)13-26-14-25-23-22(24(26)29)21(16(2)30-23)17-8-4-3-5-9-17/h3-11,14-15H,12-13H2,1-2H3/t15-/m1/s1. The van der Waals surface area contributed by atoms with Gasteiger partial charge in [0.2, 0.25) is 5.91 Å². The van der Waals surface area contributed by atoms with Crippen LogP contribution in [0.1, 0.15) is 17.4 Å². The van der Waals surface area contributed by atoms with Gasteiger partial charge in [0, 0.05) is 22.2 Å². The molecule has 0 N–H and O–H groups in total. The molecule has 5 rings (SSSR count). The van der Waals surface area contributed by atoms with Crippen molar-refractivity contribution in [1.82, 2.24) is 9.55 Å². The molecule has 1 amide bonds. The number of thiophene rings is 1. The van der Waals surface area contributed by atoms with Crippen LogP contribution in [-0.4, -0.2) is 21.5 Å². The number of aryl methyl sites for hydroxylation is 1. The van der Waals surface area contributed by atoms with Crippen LogP contribution in [0.5, 0.6) is 0 Å². The van der Waals surface area contributed by atoms with Crippen molar-refractivity contribution in [3.63, 3.8) is 0 Å². The Labute approximate surface area is 178 Å². The number of hydrogen-bond acceptors (Lipinski definition) is 4. The maximum atomic E-state index is 13.4. The molecule has 150 valence electrons. The number of carbonyl (C=O) groups is 1. The Hall–Kier alpha value is -3.25. The molecule has 2 aromatic heterocycles. The smallest absolute Gasteiger partial charge is 0.263 e. The fraction of sp³-hybridized carbons (Fsp3) is 0.208. The summed E-state index contributed by atoms with van der Waals surface area (Å²) < 4.78 is 1.44. The van der Waals surface area contributed by atoms with Crippen LogP contribution in [0, 0.1) is 6.92 Å². The van der Waals surface area contributed by atoms with Crippen LogP contribution in [0.25, 0.3) is 21.3 Å². The number of rotatable bonds is 3. The number of nitrogens with zero attached hydrogens (tertiary/aromatic N) is 3. The van der Waals surface area contributed by atoms with E-state index in [0.29, 0.717) is 10.2 Å². The van der Waals surface area contributed by atoms with Gasteiger partial charge in [-0.1, -0.05) is 48.5 Å². The molecule has 1 atom stereocenters. The number of anilines is 1. The molecule has 5 nitrogen and oxygen atoms in total. The first-order valence-corrected chi connectivity index (χ1v) is 10.8. The molecule has 0 saturated carbocycles. The lowest BCUT2D eigenvalue weighted by molar-refractivity contribution is -0.119. The quantitative estimate of drug-likeness (QED) is 0.498. The van der Waals surface area contributed by atoms with Crippen LogP contribution in [0.3, 0.4) is 0 Å². The van der Waals surface area contributed by atoms with Crippen molar-refractivity contribution in [3.05, 3.63) is 81.7 Å². The highest BCUT2D eigenvalue weighted by molar-refractivity contribution is 7.19. The van der Waals surface area contributed by atoms with E-state index in [1.54, 1.807) is 0 Å². The molecule has 0 radical (unpaired) electrons. The van der Waals surface area contributed by atoms with E-state index in [1.165, 1.54) is 27.8 Å². The van der Waals surface area contributed by atoms with Crippen molar-refractivity contribution in [2.45, 2.75) is 32.9 Å². The lowest BCUT2D eigenvalue weighted by Gasteiger charge is -2.23. The maximum Gasteiger partial charge on any atom is 0.263 e. The number of para-hydroxylation sites is 1. The Morgan fingerprint density at radius 2 is 1.87 bits per heavy atom. The van der Waals surface area contributed by atoms with Crippen LogP contribution in [0.2, 0.25) is 0 Å². The molecule has 0 saturated heterocycles. The Balaban J connectivity index is 1.56. The molecule has 0 fully saturated rings. The van der Waals surface area contributed by atoms with Gasteiger partial charge in [0.1, 0.15) is 11.4 Å². The second kappa shape index (κ2) is 7.22. The van der Waals surface area contributed by atoms with Gasteiger partial charge in [-0.15, -0.1) is 11.3 Å². The number of benzene rings is 2. The van der Waals surface area contributed by atoms with Crippen LogP contribution < -0.4 is 10.5 Å². The topological polar surface area (TPSA) is 55.2 Å². The fourth-order valence-corrected chi connectivity index (χ4v) is 5.37. The lowest BCUT2D eigenvalue weighted by Crippen LogP contribution is -2.40. The molecule has 3 heterocycles. The van der Waals surface area contributed by atoms with Gasteiger partial charge >= 0.3 is 0 Å². The second-order valence-electron chi connectivity index (χ2n) is 7.70. The van der Waals surface area contributed by atoms with E-state index in [-0.39, 0.29) is 24.1 Å². The highest BCUT2D eigenvalue weighted by Crippen LogP contribution is 2.35. The van der Waals surface area contributed by atoms with E-state index < -0.39 is 0 Å². The zero-order chi connectivity index (χ0) is 20.8. The van der Waals surface area contributed by atoms with Crippen molar-refractivity contribution in [1.29, 1.82) is 0 Å². The van der Waals surface area contributed by atoms with Gasteiger partial charge in [-0.2, -0.15) is 0 Å². The fourth-order valence-electron chi connectivity index (χ4n) is 4.37. The average molecular weight is 416 g/mol. The zero-order valence-electron chi connectivity index (χ0n) is 16.8. The van der Waals surface area contributed by atoms with Gasteiger partial charge < -0.3 is 4.90 Å². The molecule has 2 aromatic carbocycles. The Morgan fingerprint density at radius 3 is 2.67 bits per heavy atom. The molecule has 1 aliphatic heterocycles. The maximum absolute atomic E-state index is 13.4. The summed E-state index contributed by atoms with van der Waals surface area (Å²) in [4.78, 5) is 34.6. The van der Waals surface area contributed by atoms with E-state index in [0.717, 1.165) is 28.1 Å². The SMILES string of the molecule is Cc1sc2ncn(CC(=O)N3c4ccccc4C[C@H]3C)c(=O)c2c1-c1ccccc1. The summed E-state index contributed by atoms with van der Waals surface area (Å²) in [5, 5.41) is 0.592. The molecule has 0 aliphatic carbocycles. The summed E-state index contributed by atoms with van der Waals surface area (Å²) in [6, 6.07) is 17.9. The van der Waals surface area contributed by atoms with Gasteiger partial charge in [0.05, 0.1) is 11.7 Å². The van der Waals surface area contributed by atoms with E-state index in [9.17, 15) is 9.59 Å². The summed E-state index contributed by atoms with van der Waals surface area (Å²) in [6.45, 7) is 4.02. The number of carbonyl (C=O) groups excluding carboxylic acids is 1. The summed E-state index contributed by atoms with van der Waals surface area (Å²) in [5.41, 5.74) is 3.84. The second-order valence-corrected chi connectivity index (χ2v) is 8.91. The molecule has 30 heavy (non-hydrogen) atoms. The highest BCUT2D eigenvalue weighted by atomic mass is 32.1. The van der Waals surface area contributed by atoms with E-state index in [1.807, 2.05) is 67.3 Å². The van der Waals surface area contributed by atoms with Crippen molar-refractivity contribution < 1.29 is 4.79 Å². The third kappa shape index (κ3) is 2.95. The van der Waals surface area contributed by atoms with Crippen LogP contribution in [0.15, 0.2) is 65.7 Å². The Bertz CT molecular complexity index is 1320. The normalized spacial score (nSPS) is 15.5. The minimum absolute atomic E-state index is 0.0242. The number of fused-ring (bicyclic) bond motifs is 2. The van der Waals surface area contributed by atoms with Gasteiger partial charge in [-0.3, -0.25) is 14.2 Å². The van der Waals surface area contributed by atoms with Crippen LogP contribution in [-0.2, 0) is 17.8 Å². The first-order valence-electron chi connectivity index (χ1n) is 9.98. The van der Waals surface area contributed by atoms with Gasteiger partial charge in [-0.05, 0) is 37.5 Å². The highest BCUT2D eigenvalue weighted by Gasteiger charge is 2.31. The lowest BCUT2D eigenvalue weighted by atomic mass is 10.0. The monoisotopic (exact) mass is 415 g/mol. The van der Waals surface area contributed by atoms with Crippen molar-refractivity contribution in [2.24, 2.45) is 0 Å². The molecule has 0 spiro atoms. The van der Waals surface area contributed by atoms with Crippen LogP contribution in [0.4, 0.5) is 5.69 Å². The minimum Gasteiger partial charge on any atom is -0.307 e. The molecule has 4 aromatic rings. The van der Waals surface area contributed by atoms with E-state index >= 15 is 0 Å². The summed E-state index contributed by atoms with van der Waals surface area (Å²) in [5.74, 6) is -0.0936. The van der Waals surface area contributed by atoms with Gasteiger partial charge in [-0.25, -0.2) is 4.98 Å². The molecule has 0 bridgehead atoms. The van der Waals surface area contributed by atoms with Crippen molar-refractivity contribution >= 4 is 33.1 Å². The summed E-state index contributed by atoms with van der Waals surface area (Å²) >= 11 is 1.51. The largest absolute Gasteiger partial charge is 0.307 e. The average Bonchev–Trinajstić information content (AvgIpc) is 3.26. The molecular formula is C24H21N3O2S. The third-order valence-electron chi connectivity index (χ3n) is 5.70. The molecule has 0 unspecified atom stereocenters. The number of amides is 1. The van der Waals surface area contributed by atoms with Gasteiger partial charge in [0.15, 0.2) is 0 Å². The first kappa shape index (κ1) is 18.8. The predicted molar refractivity (Wildman–Crippen MR) is 121 cm³/mol. The minimum atomic E-state index is -0.170. The van der Waals surface area contributed by atoms with Crippen molar-refractivity contribution in [3.8, 4) is 11.1 Å². The summed E-state index contributed by atoms with van der Waals surface area (Å²) in [6.07, 6.45) is 2.33.